The van der Waals surface area contributed by atoms with E-state index in [2.05, 4.69) is 10.3 Å². The summed E-state index contributed by atoms with van der Waals surface area (Å²) in [5.74, 6) is -2.34. The molecule has 0 spiro atoms. The molecule has 1 amide bonds. The Morgan fingerprint density at radius 1 is 1.21 bits per heavy atom. The van der Waals surface area contributed by atoms with Crippen LogP contribution >= 0.6 is 0 Å². The predicted molar refractivity (Wildman–Crippen MR) is 116 cm³/mol. The van der Waals surface area contributed by atoms with E-state index in [0.29, 0.717) is 18.5 Å². The molecule has 0 aliphatic carbocycles. The third kappa shape index (κ3) is 5.83. The van der Waals surface area contributed by atoms with E-state index in [1.165, 1.54) is 29.1 Å². The Hall–Kier alpha value is -4.00. The molecule has 1 heterocycles. The number of nitrogens with one attached hydrogen (secondary N) is 1. The van der Waals surface area contributed by atoms with Crippen LogP contribution in [0.3, 0.4) is 0 Å². The van der Waals surface area contributed by atoms with Crippen molar-refractivity contribution in [2.24, 2.45) is 0 Å². The van der Waals surface area contributed by atoms with Gasteiger partial charge < -0.3 is 14.8 Å². The summed E-state index contributed by atoms with van der Waals surface area (Å²) in [4.78, 5) is 28.8. The summed E-state index contributed by atoms with van der Waals surface area (Å²) in [6.07, 6.45) is 1.29. The first-order valence-electron chi connectivity index (χ1n) is 10.1. The number of nitrogens with zero attached hydrogens (tertiary/aromatic N) is 3. The first kappa shape index (κ1) is 23.7. The summed E-state index contributed by atoms with van der Waals surface area (Å²) in [7, 11) is 0. The molecule has 0 unspecified atom stereocenters. The normalized spacial score (nSPS) is 11.2. The molecule has 3 aromatic rings. The van der Waals surface area contributed by atoms with Crippen LogP contribution in [0.2, 0.25) is 0 Å². The van der Waals surface area contributed by atoms with Crippen molar-refractivity contribution in [1.82, 2.24) is 14.9 Å². The number of carbonyl (C=O) groups excluding carboxylic acids is 1. The molecular formula is C23H22F2N4O4. The maximum atomic E-state index is 14.1. The number of rotatable bonds is 6. The zero-order chi connectivity index (χ0) is 24.2. The van der Waals surface area contributed by atoms with E-state index in [4.69, 9.17) is 14.7 Å². The minimum Gasteiger partial charge on any atom is -0.453 e. The zero-order valence-corrected chi connectivity index (χ0v) is 18.3. The van der Waals surface area contributed by atoms with Gasteiger partial charge in [0.25, 0.3) is 5.56 Å². The summed E-state index contributed by atoms with van der Waals surface area (Å²) in [5, 5.41) is 11.9. The summed E-state index contributed by atoms with van der Waals surface area (Å²) in [6, 6.07) is 7.56. The fraction of sp³-hybridized carbons (Fsp3) is 0.304. The van der Waals surface area contributed by atoms with Gasteiger partial charge in [0.15, 0.2) is 11.6 Å². The molecule has 0 bridgehead atoms. The topological polar surface area (TPSA) is 106 Å². The van der Waals surface area contributed by atoms with Crippen LogP contribution in [0.5, 0.6) is 11.5 Å². The molecule has 1 aromatic heterocycles. The smallest absolute Gasteiger partial charge is 0.407 e. The molecule has 3 rings (SSSR count). The van der Waals surface area contributed by atoms with Crippen molar-refractivity contribution in [2.75, 3.05) is 6.54 Å². The van der Waals surface area contributed by atoms with Crippen LogP contribution in [0.1, 0.15) is 32.8 Å². The Morgan fingerprint density at radius 3 is 2.64 bits per heavy atom. The van der Waals surface area contributed by atoms with E-state index in [0.717, 1.165) is 12.1 Å². The van der Waals surface area contributed by atoms with E-state index in [1.54, 1.807) is 26.8 Å². The number of hydrogen-bond donors (Lipinski definition) is 1. The summed E-state index contributed by atoms with van der Waals surface area (Å²) >= 11 is 0. The van der Waals surface area contributed by atoms with Crippen LogP contribution in [0.4, 0.5) is 13.6 Å². The largest absolute Gasteiger partial charge is 0.453 e. The SMILES string of the molecule is CC(C)(C)OC(=O)NCCCn1cnc2ccc(Oc3c(F)ccc(F)c3C#N)cc2c1=O. The molecule has 1 N–H and O–H groups in total. The van der Waals surface area contributed by atoms with Gasteiger partial charge in [-0.1, -0.05) is 0 Å². The maximum absolute atomic E-state index is 14.1. The van der Waals surface area contributed by atoms with Crippen molar-refractivity contribution in [3.63, 3.8) is 0 Å². The van der Waals surface area contributed by atoms with Crippen molar-refractivity contribution < 1.29 is 23.0 Å². The number of aromatic nitrogens is 2. The molecule has 0 saturated carbocycles. The standard InChI is InChI=1S/C23H22F2N4O4/c1-23(2,3)33-22(31)27-9-4-10-29-13-28-19-8-5-14(11-15(19)21(29)30)32-20-16(12-26)17(24)6-7-18(20)25/h5-8,11,13H,4,9-10H2,1-3H3,(H,27,31). The zero-order valence-electron chi connectivity index (χ0n) is 18.3. The minimum absolute atomic E-state index is 0.0479. The Morgan fingerprint density at radius 2 is 1.94 bits per heavy atom. The number of benzene rings is 2. The van der Waals surface area contributed by atoms with E-state index >= 15 is 0 Å². The van der Waals surface area contributed by atoms with Gasteiger partial charge in [-0.05, 0) is 57.5 Å². The predicted octanol–water partition coefficient (Wildman–Crippen LogP) is 4.25. The molecule has 0 aliphatic rings. The van der Waals surface area contributed by atoms with Gasteiger partial charge in [0, 0.05) is 13.1 Å². The second kappa shape index (κ2) is 9.65. The second-order valence-electron chi connectivity index (χ2n) is 8.15. The number of ether oxygens (including phenoxy) is 2. The number of nitriles is 1. The molecule has 0 saturated heterocycles. The molecule has 2 aromatic carbocycles. The average Bonchev–Trinajstić information content (AvgIpc) is 2.74. The molecule has 0 fully saturated rings. The monoisotopic (exact) mass is 456 g/mol. The van der Waals surface area contributed by atoms with Gasteiger partial charge in [-0.2, -0.15) is 5.26 Å². The first-order valence-corrected chi connectivity index (χ1v) is 10.1. The lowest BCUT2D eigenvalue weighted by Gasteiger charge is -2.19. The van der Waals surface area contributed by atoms with E-state index in [9.17, 15) is 18.4 Å². The lowest BCUT2D eigenvalue weighted by molar-refractivity contribution is 0.0526. The van der Waals surface area contributed by atoms with Crippen molar-refractivity contribution in [3.8, 4) is 17.6 Å². The molecule has 10 heteroatoms. The highest BCUT2D eigenvalue weighted by Gasteiger charge is 2.17. The van der Waals surface area contributed by atoms with Gasteiger partial charge in [0.05, 0.1) is 17.2 Å². The van der Waals surface area contributed by atoms with Crippen LogP contribution in [-0.4, -0.2) is 27.8 Å². The number of carbonyl (C=O) groups is 1. The van der Waals surface area contributed by atoms with Crippen LogP contribution in [-0.2, 0) is 11.3 Å². The maximum Gasteiger partial charge on any atom is 0.407 e. The van der Waals surface area contributed by atoms with E-state index < -0.39 is 34.6 Å². The summed E-state index contributed by atoms with van der Waals surface area (Å²) in [6.45, 7) is 5.84. The molecular weight excluding hydrogens is 434 g/mol. The first-order chi connectivity index (χ1) is 15.6. The lowest BCUT2D eigenvalue weighted by Crippen LogP contribution is -2.33. The van der Waals surface area contributed by atoms with Crippen molar-refractivity contribution in [1.29, 1.82) is 5.26 Å². The summed E-state index contributed by atoms with van der Waals surface area (Å²) < 4.78 is 39.9. The number of hydrogen-bond acceptors (Lipinski definition) is 6. The second-order valence-corrected chi connectivity index (χ2v) is 8.15. The van der Waals surface area contributed by atoms with Gasteiger partial charge in [-0.15, -0.1) is 0 Å². The lowest BCUT2D eigenvalue weighted by atomic mass is 10.2. The van der Waals surface area contributed by atoms with Gasteiger partial charge in [0.1, 0.15) is 28.8 Å². The molecule has 172 valence electrons. The Labute approximate surface area is 188 Å². The van der Waals surface area contributed by atoms with Crippen molar-refractivity contribution in [2.45, 2.75) is 39.3 Å². The fourth-order valence-corrected chi connectivity index (χ4v) is 2.97. The molecule has 0 aliphatic heterocycles. The van der Waals surface area contributed by atoms with Crippen molar-refractivity contribution >= 4 is 17.0 Å². The highest BCUT2D eigenvalue weighted by atomic mass is 19.1. The Kier molecular flexibility index (Phi) is 6.92. The molecule has 0 radical (unpaired) electrons. The van der Waals surface area contributed by atoms with Gasteiger partial charge in [0.2, 0.25) is 0 Å². The fourth-order valence-electron chi connectivity index (χ4n) is 2.97. The molecule has 8 nitrogen and oxygen atoms in total. The highest BCUT2D eigenvalue weighted by Crippen LogP contribution is 2.30. The number of halogens is 2. The summed E-state index contributed by atoms with van der Waals surface area (Å²) in [5.41, 5.74) is -1.17. The quantitative estimate of drug-likeness (QED) is 0.556. The highest BCUT2D eigenvalue weighted by molar-refractivity contribution is 5.79. The Bertz CT molecular complexity index is 1290. The van der Waals surface area contributed by atoms with E-state index in [-0.39, 0.29) is 23.2 Å². The van der Waals surface area contributed by atoms with Gasteiger partial charge in [-0.3, -0.25) is 9.36 Å². The number of fused-ring (bicyclic) bond motifs is 1. The molecule has 33 heavy (non-hydrogen) atoms. The minimum atomic E-state index is -0.918. The number of aryl methyl sites for hydroxylation is 1. The van der Waals surface area contributed by atoms with Crippen molar-refractivity contribution in [3.05, 3.63) is 64.2 Å². The molecule has 0 atom stereocenters. The van der Waals surface area contributed by atoms with E-state index in [1.807, 2.05) is 0 Å². The Balaban J connectivity index is 1.76. The van der Waals surface area contributed by atoms with Crippen LogP contribution in [0, 0.1) is 23.0 Å². The third-order valence-corrected chi connectivity index (χ3v) is 4.43. The van der Waals surface area contributed by atoms with Crippen LogP contribution in [0.25, 0.3) is 10.9 Å². The van der Waals surface area contributed by atoms with Crippen LogP contribution in [0.15, 0.2) is 41.5 Å². The van der Waals surface area contributed by atoms with Gasteiger partial charge >= 0.3 is 6.09 Å². The average molecular weight is 456 g/mol. The number of alkyl carbamates (subject to hydrolysis) is 1. The number of amides is 1. The van der Waals surface area contributed by atoms with Gasteiger partial charge in [-0.25, -0.2) is 18.6 Å². The third-order valence-electron chi connectivity index (χ3n) is 4.43. The van der Waals surface area contributed by atoms with Crippen LogP contribution < -0.4 is 15.6 Å².